The predicted octanol–water partition coefficient (Wildman–Crippen LogP) is 2.79. The number of sulfonamides is 1. The van der Waals surface area contributed by atoms with Crippen LogP contribution in [0, 0.1) is 11.6 Å². The molecular formula is C20H18F2N4O4S. The molecule has 4 N–H and O–H groups in total. The van der Waals surface area contributed by atoms with Gasteiger partial charge in [0.2, 0.25) is 15.9 Å². The summed E-state index contributed by atoms with van der Waals surface area (Å²) >= 11 is 0. The number of nitrogens with two attached hydrogens (primary N) is 1. The lowest BCUT2D eigenvalue weighted by Gasteiger charge is -2.10. The number of amides is 1. The molecule has 162 valence electrons. The van der Waals surface area contributed by atoms with Gasteiger partial charge in [0.25, 0.3) is 0 Å². The van der Waals surface area contributed by atoms with Crippen molar-refractivity contribution in [1.82, 2.24) is 9.71 Å². The number of ether oxygens (including phenoxy) is 1. The maximum atomic E-state index is 14.3. The number of carbonyl (C=O) groups is 1. The largest absolute Gasteiger partial charge is 0.454 e. The van der Waals surface area contributed by atoms with Gasteiger partial charge < -0.3 is 15.8 Å². The van der Waals surface area contributed by atoms with Crippen LogP contribution in [0.15, 0.2) is 60.8 Å². The first-order valence-electron chi connectivity index (χ1n) is 8.91. The number of anilines is 2. The molecule has 0 saturated heterocycles. The molecule has 0 saturated carbocycles. The molecule has 0 unspecified atom stereocenters. The fourth-order valence-corrected chi connectivity index (χ4v) is 3.40. The topological polar surface area (TPSA) is 123 Å². The molecule has 2 aromatic carbocycles. The number of nitrogens with zero attached hydrogens (tertiary/aromatic N) is 1. The lowest BCUT2D eigenvalue weighted by molar-refractivity contribution is -0.113. The summed E-state index contributed by atoms with van der Waals surface area (Å²) in [5.41, 5.74) is 6.12. The molecule has 3 rings (SSSR count). The number of benzene rings is 2. The van der Waals surface area contributed by atoms with E-state index >= 15 is 0 Å². The Hall–Kier alpha value is -3.57. The molecule has 0 bridgehead atoms. The van der Waals surface area contributed by atoms with Gasteiger partial charge in [-0.05, 0) is 35.9 Å². The summed E-state index contributed by atoms with van der Waals surface area (Å²) in [6.07, 6.45) is 1.40. The van der Waals surface area contributed by atoms with Crippen molar-refractivity contribution in [2.45, 2.75) is 6.54 Å². The number of nitrogen functional groups attached to an aromatic ring is 1. The number of halogens is 2. The van der Waals surface area contributed by atoms with Gasteiger partial charge in [0, 0.05) is 30.6 Å². The zero-order chi connectivity index (χ0) is 22.4. The number of rotatable bonds is 8. The van der Waals surface area contributed by atoms with Crippen molar-refractivity contribution < 1.29 is 26.7 Å². The van der Waals surface area contributed by atoms with Crippen molar-refractivity contribution in [2.24, 2.45) is 0 Å². The molecule has 0 fully saturated rings. The maximum absolute atomic E-state index is 14.3. The highest BCUT2D eigenvalue weighted by atomic mass is 32.2. The second-order valence-electron chi connectivity index (χ2n) is 6.42. The number of hydrogen-bond donors (Lipinski definition) is 3. The zero-order valence-corrected chi connectivity index (χ0v) is 16.8. The first-order valence-corrected chi connectivity index (χ1v) is 10.6. The summed E-state index contributed by atoms with van der Waals surface area (Å²) in [6, 6.07) is 11.8. The van der Waals surface area contributed by atoms with Crippen molar-refractivity contribution in [1.29, 1.82) is 0 Å². The Labute approximate surface area is 177 Å². The lowest BCUT2D eigenvalue weighted by Crippen LogP contribution is -2.32. The van der Waals surface area contributed by atoms with Gasteiger partial charge in [-0.3, -0.25) is 4.79 Å². The van der Waals surface area contributed by atoms with Crippen LogP contribution in [0.25, 0.3) is 0 Å². The highest BCUT2D eigenvalue weighted by molar-refractivity contribution is 7.90. The molecule has 0 spiro atoms. The molecule has 0 atom stereocenters. The fourth-order valence-electron chi connectivity index (χ4n) is 2.50. The van der Waals surface area contributed by atoms with E-state index in [-0.39, 0.29) is 29.5 Å². The second-order valence-corrected chi connectivity index (χ2v) is 8.23. The maximum Gasteiger partial charge on any atom is 0.240 e. The van der Waals surface area contributed by atoms with E-state index in [1.807, 2.05) is 0 Å². The fraction of sp³-hybridized carbons (Fsp3) is 0.100. The van der Waals surface area contributed by atoms with Crippen LogP contribution in [0.4, 0.5) is 20.3 Å². The van der Waals surface area contributed by atoms with Crippen LogP contribution in [0.3, 0.4) is 0 Å². The lowest BCUT2D eigenvalue weighted by atomic mass is 10.2. The highest BCUT2D eigenvalue weighted by Crippen LogP contribution is 2.27. The Morgan fingerprint density at radius 2 is 1.81 bits per heavy atom. The number of pyridine rings is 1. The van der Waals surface area contributed by atoms with E-state index in [4.69, 9.17) is 10.5 Å². The van der Waals surface area contributed by atoms with E-state index in [0.717, 1.165) is 6.07 Å². The molecule has 1 amide bonds. The summed E-state index contributed by atoms with van der Waals surface area (Å²) in [7, 11) is -3.96. The van der Waals surface area contributed by atoms with Gasteiger partial charge in [-0.15, -0.1) is 0 Å². The number of nitrogens with one attached hydrogen (secondary N) is 2. The van der Waals surface area contributed by atoms with Crippen molar-refractivity contribution in [2.75, 3.05) is 16.8 Å². The van der Waals surface area contributed by atoms with Gasteiger partial charge in [0.05, 0.1) is 0 Å². The molecule has 0 aliphatic carbocycles. The Balaban J connectivity index is 1.56. The molecule has 31 heavy (non-hydrogen) atoms. The first kappa shape index (κ1) is 22.1. The molecule has 1 aromatic heterocycles. The summed E-state index contributed by atoms with van der Waals surface area (Å²) in [6.45, 7) is -0.101. The molecule has 8 nitrogen and oxygen atoms in total. The quantitative estimate of drug-likeness (QED) is 0.487. The Morgan fingerprint density at radius 1 is 1.06 bits per heavy atom. The summed E-state index contributed by atoms with van der Waals surface area (Å²) < 4.78 is 58.9. The Morgan fingerprint density at radius 3 is 2.48 bits per heavy atom. The van der Waals surface area contributed by atoms with Crippen LogP contribution in [0.2, 0.25) is 0 Å². The van der Waals surface area contributed by atoms with Crippen LogP contribution < -0.4 is 20.5 Å². The minimum Gasteiger partial charge on any atom is -0.454 e. The van der Waals surface area contributed by atoms with Crippen LogP contribution in [-0.2, 0) is 21.4 Å². The smallest absolute Gasteiger partial charge is 0.240 e. The van der Waals surface area contributed by atoms with Gasteiger partial charge in [0.15, 0.2) is 11.6 Å². The number of aromatic nitrogens is 1. The van der Waals surface area contributed by atoms with E-state index in [9.17, 15) is 22.0 Å². The van der Waals surface area contributed by atoms with E-state index in [2.05, 4.69) is 15.0 Å². The molecule has 0 aliphatic rings. The number of hydrogen-bond acceptors (Lipinski definition) is 6. The average molecular weight is 448 g/mol. The highest BCUT2D eigenvalue weighted by Gasteiger charge is 2.17. The Bertz CT molecular complexity index is 1190. The average Bonchev–Trinajstić information content (AvgIpc) is 2.69. The second kappa shape index (κ2) is 9.49. The molecule has 0 aliphatic heterocycles. The SMILES string of the molecule is Nc1cc(Oc2ccc(NC(=O)CS(=O)(=O)NCc3ccc(F)cc3)cc2F)ccn1. The van der Waals surface area contributed by atoms with Gasteiger partial charge in [-0.1, -0.05) is 12.1 Å². The summed E-state index contributed by atoms with van der Waals surface area (Å²) in [5, 5.41) is 2.31. The van der Waals surface area contributed by atoms with Crippen LogP contribution in [0.5, 0.6) is 11.5 Å². The molecule has 3 aromatic rings. The summed E-state index contributed by atoms with van der Waals surface area (Å²) in [5.74, 6) is -2.58. The van der Waals surface area contributed by atoms with Gasteiger partial charge in [0.1, 0.15) is 23.1 Å². The Kier molecular flexibility index (Phi) is 6.78. The van der Waals surface area contributed by atoms with Crippen molar-refractivity contribution in [3.63, 3.8) is 0 Å². The standard InChI is InChI=1S/C20H18F2N4O4S/c21-14-3-1-13(2-4-14)11-25-31(28,29)12-20(27)26-15-5-6-18(17(22)9-15)30-16-7-8-24-19(23)10-16/h1-10,25H,11-12H2,(H2,23,24)(H,26,27). The third-order valence-electron chi connectivity index (χ3n) is 3.93. The number of carbonyl (C=O) groups excluding carboxylic acids is 1. The van der Waals surface area contributed by atoms with E-state index in [0.29, 0.717) is 5.56 Å². The van der Waals surface area contributed by atoms with Crippen LogP contribution in [0.1, 0.15) is 5.56 Å². The molecule has 1 heterocycles. The minimum absolute atomic E-state index is 0.0535. The summed E-state index contributed by atoms with van der Waals surface area (Å²) in [4.78, 5) is 15.9. The normalized spacial score (nSPS) is 11.2. The molecular weight excluding hydrogens is 430 g/mol. The van der Waals surface area contributed by atoms with E-state index in [1.54, 1.807) is 0 Å². The van der Waals surface area contributed by atoms with Gasteiger partial charge in [-0.2, -0.15) is 0 Å². The van der Waals surface area contributed by atoms with Gasteiger partial charge in [-0.25, -0.2) is 26.9 Å². The molecule has 0 radical (unpaired) electrons. The zero-order valence-electron chi connectivity index (χ0n) is 16.0. The first-order chi connectivity index (χ1) is 14.7. The minimum atomic E-state index is -3.96. The van der Waals surface area contributed by atoms with E-state index in [1.165, 1.54) is 54.7 Å². The third-order valence-corrected chi connectivity index (χ3v) is 5.15. The van der Waals surface area contributed by atoms with E-state index < -0.39 is 33.3 Å². The third kappa shape index (κ3) is 6.73. The van der Waals surface area contributed by atoms with Crippen molar-refractivity contribution in [3.8, 4) is 11.5 Å². The van der Waals surface area contributed by atoms with Crippen molar-refractivity contribution >= 4 is 27.4 Å². The predicted molar refractivity (Wildman–Crippen MR) is 111 cm³/mol. The van der Waals surface area contributed by atoms with Gasteiger partial charge >= 0.3 is 0 Å². The van der Waals surface area contributed by atoms with Crippen LogP contribution in [-0.4, -0.2) is 25.1 Å². The monoisotopic (exact) mass is 448 g/mol. The molecule has 11 heteroatoms. The van der Waals surface area contributed by atoms with Crippen molar-refractivity contribution in [3.05, 3.63) is 78.0 Å². The van der Waals surface area contributed by atoms with Crippen LogP contribution >= 0.6 is 0 Å².